The van der Waals surface area contributed by atoms with E-state index in [9.17, 15) is 24.9 Å². The summed E-state index contributed by atoms with van der Waals surface area (Å²) in [6.45, 7) is 3.81. The molecule has 0 saturated carbocycles. The number of rotatable bonds is 16. The summed E-state index contributed by atoms with van der Waals surface area (Å²) in [5.41, 5.74) is 4.28. The Kier molecular flexibility index (Phi) is 11.0. The molecule has 3 rings (SSSR count). The number of hydrogen-bond donors (Lipinski definition) is 4. The Labute approximate surface area is 222 Å². The number of phosphoric ester groups is 1. The largest absolute Gasteiger partial charge is 0.472 e. The quantitative estimate of drug-likeness (QED) is 0.175. The predicted molar refractivity (Wildman–Crippen MR) is 137 cm³/mol. The zero-order valence-electron chi connectivity index (χ0n) is 21.8. The van der Waals surface area contributed by atoms with E-state index in [2.05, 4.69) is 17.0 Å². The lowest BCUT2D eigenvalue weighted by Crippen LogP contribution is -2.41. The van der Waals surface area contributed by atoms with Gasteiger partial charge in [-0.2, -0.15) is 10.4 Å². The van der Waals surface area contributed by atoms with Crippen LogP contribution < -0.4 is 5.73 Å². The van der Waals surface area contributed by atoms with Gasteiger partial charge in [-0.3, -0.25) is 9.05 Å². The molecule has 38 heavy (non-hydrogen) atoms. The normalized spacial score (nSPS) is 25.8. The highest BCUT2D eigenvalue weighted by atomic mass is 31.2. The maximum absolute atomic E-state index is 12.5. The van der Waals surface area contributed by atoms with Crippen LogP contribution in [0.5, 0.6) is 0 Å². The number of phosphoric acid groups is 1. The van der Waals surface area contributed by atoms with Gasteiger partial charge in [0, 0.05) is 6.61 Å². The van der Waals surface area contributed by atoms with Crippen molar-refractivity contribution < 1.29 is 38.2 Å². The number of nitrogens with zero attached hydrogens (tertiary/aromatic N) is 4. The number of nitrogen functional groups attached to an aromatic ring is 1. The minimum Gasteiger partial charge on any atom is -0.387 e. The third-order valence-electron chi connectivity index (χ3n) is 6.62. The number of nitrogens with two attached hydrogens (primary N) is 1. The second-order valence-corrected chi connectivity index (χ2v) is 10.8. The van der Waals surface area contributed by atoms with Gasteiger partial charge in [0.05, 0.1) is 25.0 Å². The summed E-state index contributed by atoms with van der Waals surface area (Å²) >= 11 is 0. The Morgan fingerprint density at radius 1 is 1.24 bits per heavy atom. The van der Waals surface area contributed by atoms with E-state index in [1.165, 1.54) is 36.2 Å². The fourth-order valence-corrected chi connectivity index (χ4v) is 5.11. The molecule has 2 aromatic rings. The summed E-state index contributed by atoms with van der Waals surface area (Å²) in [5.74, 6) is 0.145. The smallest absolute Gasteiger partial charge is 0.387 e. The van der Waals surface area contributed by atoms with Gasteiger partial charge in [-0.15, -0.1) is 0 Å². The lowest BCUT2D eigenvalue weighted by molar-refractivity contribution is -0.0655. The van der Waals surface area contributed by atoms with Gasteiger partial charge in [0.25, 0.3) is 0 Å². The van der Waals surface area contributed by atoms with E-state index in [0.717, 1.165) is 19.3 Å². The Morgan fingerprint density at radius 3 is 2.68 bits per heavy atom. The molecule has 3 heterocycles. The monoisotopic (exact) mass is 555 g/mol. The summed E-state index contributed by atoms with van der Waals surface area (Å²) in [4.78, 5) is 14.0. The van der Waals surface area contributed by atoms with Crippen LogP contribution in [-0.4, -0.2) is 73.9 Å². The van der Waals surface area contributed by atoms with Gasteiger partial charge in [-0.1, -0.05) is 46.0 Å². The Hall–Kier alpha value is -2.14. The molecule has 1 aliphatic heterocycles. The maximum atomic E-state index is 12.5. The number of nitriles is 1. The summed E-state index contributed by atoms with van der Waals surface area (Å²) in [6, 6.07) is 4.91. The third-order valence-corrected chi connectivity index (χ3v) is 7.57. The number of aliphatic hydroxyl groups excluding tert-OH is 2. The summed E-state index contributed by atoms with van der Waals surface area (Å²) < 4.78 is 35.4. The lowest BCUT2D eigenvalue weighted by Gasteiger charge is -2.24. The molecule has 0 radical (unpaired) electrons. The van der Waals surface area contributed by atoms with Crippen LogP contribution in [0.15, 0.2) is 18.5 Å². The molecule has 212 valence electrons. The number of ether oxygens (including phenoxy) is 2. The van der Waals surface area contributed by atoms with Crippen LogP contribution in [0.4, 0.5) is 5.82 Å². The minimum absolute atomic E-state index is 0.106. The van der Waals surface area contributed by atoms with Crippen LogP contribution in [-0.2, 0) is 28.7 Å². The molecule has 2 aromatic heterocycles. The molecule has 0 bridgehead atoms. The molecule has 13 nitrogen and oxygen atoms in total. The van der Waals surface area contributed by atoms with Crippen LogP contribution in [0.3, 0.4) is 0 Å². The standard InChI is InChI=1S/C24H38N5O8P/c1-3-5-6-7-8-9-12-34-17(4-2)13-35-38(32,33)36-14-19-21(30)22(31)24(15-25,37-19)20-11-10-18-23(26)27-16-28-29(18)20/h10-11,16-17,19,21-22,30-31H,3-9,12-14H2,1-2H3,(H,32,33)(H2,26,27,28)/t17-,19-,21?,22+,24+/m1/s1. The van der Waals surface area contributed by atoms with Gasteiger partial charge < -0.3 is 30.3 Å². The van der Waals surface area contributed by atoms with Crippen molar-refractivity contribution in [2.45, 2.75) is 88.8 Å². The van der Waals surface area contributed by atoms with Crippen molar-refractivity contribution >= 4 is 19.2 Å². The van der Waals surface area contributed by atoms with E-state index in [-0.39, 0.29) is 24.2 Å². The van der Waals surface area contributed by atoms with Crippen molar-refractivity contribution in [3.05, 3.63) is 24.2 Å². The molecule has 1 aliphatic rings. The van der Waals surface area contributed by atoms with E-state index in [0.29, 0.717) is 18.5 Å². The topological polar surface area (TPSA) is 195 Å². The molecule has 0 aliphatic carbocycles. The first-order valence-corrected chi connectivity index (χ1v) is 14.5. The molecule has 2 unspecified atom stereocenters. The molecular formula is C24H38N5O8P. The van der Waals surface area contributed by atoms with E-state index in [4.69, 9.17) is 24.3 Å². The Morgan fingerprint density at radius 2 is 1.97 bits per heavy atom. The van der Waals surface area contributed by atoms with E-state index < -0.39 is 38.3 Å². The van der Waals surface area contributed by atoms with Crippen molar-refractivity contribution in [2.75, 3.05) is 25.6 Å². The van der Waals surface area contributed by atoms with Gasteiger partial charge in [0.1, 0.15) is 36.2 Å². The average molecular weight is 556 g/mol. The van der Waals surface area contributed by atoms with Crippen LogP contribution in [0.25, 0.3) is 5.52 Å². The zero-order chi connectivity index (χ0) is 27.8. The first-order chi connectivity index (χ1) is 18.2. The summed E-state index contributed by atoms with van der Waals surface area (Å²) in [6.07, 6.45) is 3.49. The number of anilines is 1. The zero-order valence-corrected chi connectivity index (χ0v) is 22.7. The molecular weight excluding hydrogens is 517 g/mol. The number of fused-ring (bicyclic) bond motifs is 1. The molecule has 0 spiro atoms. The molecule has 1 fully saturated rings. The number of aromatic nitrogens is 3. The fourth-order valence-electron chi connectivity index (χ4n) is 4.35. The van der Waals surface area contributed by atoms with E-state index in [1.54, 1.807) is 6.07 Å². The first-order valence-electron chi connectivity index (χ1n) is 13.0. The molecule has 0 amide bonds. The Balaban J connectivity index is 1.54. The van der Waals surface area contributed by atoms with Gasteiger partial charge in [-0.05, 0) is 25.0 Å². The van der Waals surface area contributed by atoms with Crippen molar-refractivity contribution in [1.82, 2.24) is 14.6 Å². The second-order valence-electron chi connectivity index (χ2n) is 9.33. The fraction of sp³-hybridized carbons (Fsp3) is 0.708. The molecule has 5 N–H and O–H groups in total. The van der Waals surface area contributed by atoms with Gasteiger partial charge in [-0.25, -0.2) is 14.1 Å². The lowest BCUT2D eigenvalue weighted by atomic mass is 9.92. The molecule has 1 saturated heterocycles. The van der Waals surface area contributed by atoms with Crippen LogP contribution >= 0.6 is 7.82 Å². The van der Waals surface area contributed by atoms with Crippen molar-refractivity contribution in [3.8, 4) is 6.07 Å². The van der Waals surface area contributed by atoms with E-state index in [1.807, 2.05) is 13.0 Å². The predicted octanol–water partition coefficient (Wildman–Crippen LogP) is 2.44. The first kappa shape index (κ1) is 30.4. The van der Waals surface area contributed by atoms with Crippen LogP contribution in [0.2, 0.25) is 0 Å². The van der Waals surface area contributed by atoms with Crippen LogP contribution in [0.1, 0.15) is 64.5 Å². The van der Waals surface area contributed by atoms with Gasteiger partial charge in [0.2, 0.25) is 5.60 Å². The highest BCUT2D eigenvalue weighted by Gasteiger charge is 2.58. The average Bonchev–Trinajstić information content (AvgIpc) is 3.45. The molecule has 0 aromatic carbocycles. The van der Waals surface area contributed by atoms with Gasteiger partial charge in [0.15, 0.2) is 5.82 Å². The second kappa shape index (κ2) is 13.8. The maximum Gasteiger partial charge on any atom is 0.472 e. The third kappa shape index (κ3) is 7.08. The van der Waals surface area contributed by atoms with Gasteiger partial charge >= 0.3 is 7.82 Å². The Bertz CT molecular complexity index is 1130. The number of unbranched alkanes of at least 4 members (excludes halogenated alkanes) is 5. The highest BCUT2D eigenvalue weighted by molar-refractivity contribution is 7.47. The SMILES string of the molecule is CCCCCCCCO[C@H](CC)COP(=O)(O)OC[C@H]1O[C@@](C#N)(c2ccc3c(N)ncnn23)[C@@H](O)C1O. The molecule has 14 heteroatoms. The number of hydrogen-bond acceptors (Lipinski definition) is 11. The summed E-state index contributed by atoms with van der Waals surface area (Å²) in [7, 11) is -4.55. The van der Waals surface area contributed by atoms with Crippen molar-refractivity contribution in [3.63, 3.8) is 0 Å². The van der Waals surface area contributed by atoms with Crippen LogP contribution in [0, 0.1) is 11.3 Å². The van der Waals surface area contributed by atoms with E-state index >= 15 is 0 Å². The molecule has 6 atom stereocenters. The number of aliphatic hydroxyl groups is 2. The minimum atomic E-state index is -4.55. The van der Waals surface area contributed by atoms with Crippen molar-refractivity contribution in [1.29, 1.82) is 5.26 Å². The van der Waals surface area contributed by atoms with Crippen molar-refractivity contribution in [2.24, 2.45) is 0 Å². The highest BCUT2D eigenvalue weighted by Crippen LogP contribution is 2.46. The summed E-state index contributed by atoms with van der Waals surface area (Å²) in [5, 5.41) is 35.3.